The van der Waals surface area contributed by atoms with Crippen molar-refractivity contribution in [1.29, 1.82) is 0 Å². The summed E-state index contributed by atoms with van der Waals surface area (Å²) in [5, 5.41) is 11.9. The number of hydrogen-bond acceptors (Lipinski definition) is 7. The summed E-state index contributed by atoms with van der Waals surface area (Å²) in [4.78, 5) is 9.53. The van der Waals surface area contributed by atoms with Crippen molar-refractivity contribution in [1.82, 2.24) is 30.2 Å². The Bertz CT molecular complexity index is 887. The van der Waals surface area contributed by atoms with Crippen molar-refractivity contribution in [2.75, 3.05) is 6.61 Å². The van der Waals surface area contributed by atoms with Crippen LogP contribution in [0.15, 0.2) is 30.6 Å². The summed E-state index contributed by atoms with van der Waals surface area (Å²) in [5.41, 5.74) is 2.02. The smallest absolute Gasteiger partial charge is 0.388 e. The zero-order valence-electron chi connectivity index (χ0n) is 14.1. The molecule has 0 bridgehead atoms. The van der Waals surface area contributed by atoms with Crippen LogP contribution in [0.4, 0.5) is 8.78 Å². The van der Waals surface area contributed by atoms with Gasteiger partial charge in [0.15, 0.2) is 5.82 Å². The van der Waals surface area contributed by atoms with E-state index >= 15 is 0 Å². The Morgan fingerprint density at radius 1 is 1.23 bits per heavy atom. The number of hydrogen-bond donors (Lipinski definition) is 0. The number of nitrogens with zero attached hydrogens (tertiary/aromatic N) is 6. The molecule has 3 aromatic rings. The first-order chi connectivity index (χ1) is 12.5. The van der Waals surface area contributed by atoms with Crippen molar-refractivity contribution >= 4 is 0 Å². The molecular formula is C16H16F2N6O2. The monoisotopic (exact) mass is 362 g/mol. The average Bonchev–Trinajstić information content (AvgIpc) is 3.01. The fourth-order valence-electron chi connectivity index (χ4n) is 2.33. The van der Waals surface area contributed by atoms with Crippen molar-refractivity contribution in [3.8, 4) is 22.9 Å². The molecule has 0 N–H and O–H groups in total. The van der Waals surface area contributed by atoms with Gasteiger partial charge in [-0.3, -0.25) is 0 Å². The summed E-state index contributed by atoms with van der Waals surface area (Å²) in [6.07, 6.45) is 3.03. The van der Waals surface area contributed by atoms with Crippen molar-refractivity contribution in [3.05, 3.63) is 42.0 Å². The molecule has 26 heavy (non-hydrogen) atoms. The summed E-state index contributed by atoms with van der Waals surface area (Å²) in [6.45, 7) is 1.40. The van der Waals surface area contributed by atoms with Crippen LogP contribution in [0, 0.1) is 6.92 Å². The van der Waals surface area contributed by atoms with Crippen LogP contribution >= 0.6 is 0 Å². The van der Waals surface area contributed by atoms with Crippen molar-refractivity contribution in [2.45, 2.75) is 27.0 Å². The molecule has 0 aliphatic rings. The second-order valence-electron chi connectivity index (χ2n) is 5.26. The maximum Gasteiger partial charge on any atom is 0.388 e. The largest absolute Gasteiger partial charge is 0.478 e. The lowest BCUT2D eigenvalue weighted by atomic mass is 10.1. The third-order valence-corrected chi connectivity index (χ3v) is 3.32. The zero-order chi connectivity index (χ0) is 18.5. The Morgan fingerprint density at radius 2 is 2.08 bits per heavy atom. The Morgan fingerprint density at radius 3 is 2.77 bits per heavy atom. The molecule has 0 radical (unpaired) electrons. The predicted octanol–water partition coefficient (Wildman–Crippen LogP) is 2.49. The lowest BCUT2D eigenvalue weighted by Gasteiger charge is -2.12. The quantitative estimate of drug-likeness (QED) is 0.638. The summed E-state index contributed by atoms with van der Waals surface area (Å²) >= 11 is 0. The van der Waals surface area contributed by atoms with Crippen LogP contribution in [0.3, 0.4) is 0 Å². The number of pyridine rings is 2. The first-order valence-electron chi connectivity index (χ1n) is 7.82. The zero-order valence-corrected chi connectivity index (χ0v) is 14.1. The van der Waals surface area contributed by atoms with Gasteiger partial charge in [-0.05, 0) is 42.3 Å². The van der Waals surface area contributed by atoms with E-state index < -0.39 is 6.61 Å². The molecule has 0 saturated carbocycles. The highest BCUT2D eigenvalue weighted by atomic mass is 19.3. The molecule has 0 unspecified atom stereocenters. The van der Waals surface area contributed by atoms with Crippen molar-refractivity contribution < 1.29 is 18.3 Å². The van der Waals surface area contributed by atoms with Crippen LogP contribution in [-0.4, -0.2) is 43.4 Å². The van der Waals surface area contributed by atoms with E-state index in [1.807, 2.05) is 13.0 Å². The lowest BCUT2D eigenvalue weighted by Crippen LogP contribution is -2.06. The first kappa shape index (κ1) is 17.6. The molecule has 3 rings (SSSR count). The lowest BCUT2D eigenvalue weighted by molar-refractivity contribution is -0.0528. The molecule has 0 amide bonds. The Hall–Kier alpha value is -3.17. The number of aryl methyl sites for hydroxylation is 1. The second-order valence-corrected chi connectivity index (χ2v) is 5.26. The van der Waals surface area contributed by atoms with E-state index in [4.69, 9.17) is 4.74 Å². The molecular weight excluding hydrogens is 346 g/mol. The Balaban J connectivity index is 1.96. The average molecular weight is 362 g/mol. The maximum atomic E-state index is 12.4. The number of rotatable bonds is 7. The van der Waals surface area contributed by atoms with Gasteiger partial charge >= 0.3 is 6.61 Å². The number of tetrazole rings is 1. The Kier molecular flexibility index (Phi) is 5.30. The highest BCUT2D eigenvalue weighted by Crippen LogP contribution is 2.31. The summed E-state index contributed by atoms with van der Waals surface area (Å²) in [7, 11) is 0. The van der Waals surface area contributed by atoms with E-state index in [-0.39, 0.29) is 5.88 Å². The summed E-state index contributed by atoms with van der Waals surface area (Å²) in [5.74, 6) is 0.763. The normalized spacial score (nSPS) is 11.0. The van der Waals surface area contributed by atoms with Gasteiger partial charge < -0.3 is 9.47 Å². The molecule has 3 aromatic heterocycles. The van der Waals surface area contributed by atoms with Gasteiger partial charge in [-0.1, -0.05) is 0 Å². The molecule has 0 aliphatic carbocycles. The van der Waals surface area contributed by atoms with Crippen molar-refractivity contribution in [3.63, 3.8) is 0 Å². The molecule has 0 aromatic carbocycles. The third-order valence-electron chi connectivity index (χ3n) is 3.32. The SMILES string of the molecule is CCOc1ncc(Cn2nnc(C)n2)cc1-c1ccnc(OC(F)F)c1. The van der Waals surface area contributed by atoms with Gasteiger partial charge in [-0.15, -0.1) is 10.2 Å². The van der Waals surface area contributed by atoms with E-state index in [0.29, 0.717) is 36.0 Å². The molecule has 3 heterocycles. The van der Waals surface area contributed by atoms with Gasteiger partial charge in [0.2, 0.25) is 11.8 Å². The fraction of sp³-hybridized carbons (Fsp3) is 0.312. The molecule has 0 atom stereocenters. The van der Waals surface area contributed by atoms with E-state index in [9.17, 15) is 8.78 Å². The molecule has 0 saturated heterocycles. The predicted molar refractivity (Wildman–Crippen MR) is 86.9 cm³/mol. The number of aromatic nitrogens is 6. The minimum atomic E-state index is -2.95. The molecule has 10 heteroatoms. The topological polar surface area (TPSA) is 87.8 Å². The molecule has 0 aliphatic heterocycles. The van der Waals surface area contributed by atoms with Gasteiger partial charge in [0.25, 0.3) is 0 Å². The van der Waals surface area contributed by atoms with Gasteiger partial charge in [0.05, 0.1) is 13.2 Å². The number of alkyl halides is 2. The minimum Gasteiger partial charge on any atom is -0.478 e. The van der Waals surface area contributed by atoms with E-state index in [1.165, 1.54) is 17.1 Å². The van der Waals surface area contributed by atoms with Crippen LogP contribution in [-0.2, 0) is 6.54 Å². The van der Waals surface area contributed by atoms with Crippen LogP contribution in [0.2, 0.25) is 0 Å². The molecule has 0 fully saturated rings. The maximum absolute atomic E-state index is 12.4. The van der Waals surface area contributed by atoms with Gasteiger partial charge in [-0.2, -0.15) is 13.6 Å². The standard InChI is InChI=1S/C16H16F2N6O2/c1-3-25-15-13(12-4-5-19-14(7-12)26-16(17)18)6-11(8-20-15)9-24-22-10(2)21-23-24/h4-8,16H,3,9H2,1-2H3. The fourth-order valence-corrected chi connectivity index (χ4v) is 2.33. The molecule has 0 spiro atoms. The third kappa shape index (κ3) is 4.26. The first-order valence-corrected chi connectivity index (χ1v) is 7.82. The van der Waals surface area contributed by atoms with E-state index in [2.05, 4.69) is 30.1 Å². The van der Waals surface area contributed by atoms with Crippen LogP contribution in [0.25, 0.3) is 11.1 Å². The minimum absolute atomic E-state index is 0.182. The van der Waals surface area contributed by atoms with E-state index in [0.717, 1.165) is 5.56 Å². The van der Waals surface area contributed by atoms with Crippen LogP contribution in [0.1, 0.15) is 18.3 Å². The van der Waals surface area contributed by atoms with Gasteiger partial charge in [0, 0.05) is 24.0 Å². The highest BCUT2D eigenvalue weighted by molar-refractivity contribution is 5.69. The number of ether oxygens (including phenoxy) is 2. The summed E-state index contributed by atoms with van der Waals surface area (Å²) in [6, 6.07) is 4.91. The highest BCUT2D eigenvalue weighted by Gasteiger charge is 2.13. The van der Waals surface area contributed by atoms with Gasteiger partial charge in [-0.25, -0.2) is 9.97 Å². The van der Waals surface area contributed by atoms with Gasteiger partial charge in [0.1, 0.15) is 0 Å². The molecule has 8 nitrogen and oxygen atoms in total. The van der Waals surface area contributed by atoms with Crippen molar-refractivity contribution in [2.24, 2.45) is 0 Å². The van der Waals surface area contributed by atoms with Crippen LogP contribution < -0.4 is 9.47 Å². The second kappa shape index (κ2) is 7.81. The Labute approximate surface area is 147 Å². The van der Waals surface area contributed by atoms with Crippen LogP contribution in [0.5, 0.6) is 11.8 Å². The number of halogens is 2. The van der Waals surface area contributed by atoms with E-state index in [1.54, 1.807) is 19.2 Å². The summed E-state index contributed by atoms with van der Waals surface area (Å²) < 4.78 is 34.8. The molecule has 136 valence electrons.